The Morgan fingerprint density at radius 1 is 0.800 bits per heavy atom. The van der Waals surface area contributed by atoms with Gasteiger partial charge in [-0.15, -0.1) is 0 Å². The lowest BCUT2D eigenvalue weighted by Crippen LogP contribution is -2.48. The van der Waals surface area contributed by atoms with Gasteiger partial charge < -0.3 is 41.0 Å². The number of methoxy groups -OCH3 is 1. The fourth-order valence-corrected chi connectivity index (χ4v) is 8.26. The molecule has 6 N–H and O–H groups in total. The van der Waals surface area contributed by atoms with Gasteiger partial charge in [0.1, 0.15) is 46.2 Å². The summed E-state index contributed by atoms with van der Waals surface area (Å²) >= 11 is 0. The van der Waals surface area contributed by atoms with Crippen molar-refractivity contribution in [1.29, 1.82) is 0 Å². The zero-order valence-corrected chi connectivity index (χ0v) is 37.7. The van der Waals surface area contributed by atoms with Crippen molar-refractivity contribution in [2.75, 3.05) is 77.9 Å². The third-order valence-corrected chi connectivity index (χ3v) is 12.4. The number of benzene rings is 4. The molecule has 0 bridgehead atoms. The number of nitrogens with one attached hydrogen (secondary N) is 6. The first-order chi connectivity index (χ1) is 33.8. The van der Waals surface area contributed by atoms with E-state index in [1.807, 2.05) is 4.90 Å². The summed E-state index contributed by atoms with van der Waals surface area (Å²) in [5, 5.41) is 17.1. The average Bonchev–Trinajstić information content (AvgIpc) is 4.17. The summed E-state index contributed by atoms with van der Waals surface area (Å²) < 4.78 is 55.6. The van der Waals surface area contributed by atoms with Gasteiger partial charge in [-0.25, -0.2) is 13.8 Å². The molecule has 1 saturated carbocycles. The van der Waals surface area contributed by atoms with Gasteiger partial charge in [-0.05, 0) is 116 Å². The summed E-state index contributed by atoms with van der Waals surface area (Å²) in [5.74, 6) is -2.63. The van der Waals surface area contributed by atoms with Crippen molar-refractivity contribution in [1.82, 2.24) is 20.2 Å². The van der Waals surface area contributed by atoms with Gasteiger partial charge >= 0.3 is 0 Å². The molecule has 5 amide bonds. The van der Waals surface area contributed by atoms with Crippen molar-refractivity contribution < 1.29 is 46.6 Å². The number of hydrogen-bond donors (Lipinski definition) is 6. The van der Waals surface area contributed by atoms with Crippen LogP contribution in [0.15, 0.2) is 103 Å². The van der Waals surface area contributed by atoms with Crippen LogP contribution >= 0.6 is 0 Å². The lowest BCUT2D eigenvalue weighted by atomic mass is 10.0. The maximum absolute atomic E-state index is 15.4. The van der Waals surface area contributed by atoms with Gasteiger partial charge in [0.25, 0.3) is 5.91 Å². The number of fused-ring (bicyclic) bond motifs is 1. The van der Waals surface area contributed by atoms with Crippen molar-refractivity contribution in [3.05, 3.63) is 126 Å². The second-order valence-corrected chi connectivity index (χ2v) is 17.1. The molecule has 360 valence electrons. The number of imide groups is 1. The molecule has 1 unspecified atom stereocenters. The first kappa shape index (κ1) is 46.8. The number of ether oxygens (including phenoxy) is 2. The molecule has 2 aromatic heterocycles. The Kier molecular flexibility index (Phi) is 13.5. The van der Waals surface area contributed by atoms with Crippen LogP contribution in [-0.2, 0) is 19.2 Å². The quantitative estimate of drug-likeness (QED) is 0.0332. The third-order valence-electron chi connectivity index (χ3n) is 12.4. The van der Waals surface area contributed by atoms with Crippen molar-refractivity contribution in [2.24, 2.45) is 5.41 Å². The van der Waals surface area contributed by atoms with Crippen LogP contribution in [0.1, 0.15) is 36.0 Å². The Morgan fingerprint density at radius 2 is 1.51 bits per heavy atom. The molecular weight excluding hydrogens is 910 g/mol. The number of carbonyl (C=O) groups is 5. The van der Waals surface area contributed by atoms with E-state index in [4.69, 9.17) is 9.47 Å². The minimum absolute atomic E-state index is 0.0769. The number of nitrogens with zero attached hydrogens (tertiary/aromatic N) is 4. The van der Waals surface area contributed by atoms with E-state index in [1.54, 1.807) is 60.8 Å². The number of piperidine rings is 1. The van der Waals surface area contributed by atoms with Gasteiger partial charge in [-0.2, -0.15) is 4.39 Å². The maximum atomic E-state index is 15.4. The van der Waals surface area contributed by atoms with Gasteiger partial charge in [0.05, 0.1) is 29.7 Å². The largest absolute Gasteiger partial charge is 0.495 e. The van der Waals surface area contributed by atoms with Crippen LogP contribution in [0.5, 0.6) is 17.2 Å². The molecule has 9 rings (SSSR count). The van der Waals surface area contributed by atoms with Crippen LogP contribution in [-0.4, -0.2) is 96.8 Å². The molecule has 2 saturated heterocycles. The summed E-state index contributed by atoms with van der Waals surface area (Å²) in [5.41, 5.74) is 1.04. The van der Waals surface area contributed by atoms with E-state index in [2.05, 4.69) is 46.8 Å². The second kappa shape index (κ2) is 20.1. The first-order valence-electron chi connectivity index (χ1n) is 22.6. The van der Waals surface area contributed by atoms with Crippen LogP contribution in [0.2, 0.25) is 0 Å². The van der Waals surface area contributed by atoms with Crippen molar-refractivity contribution >= 4 is 74.7 Å². The average molecular weight is 957 g/mol. The van der Waals surface area contributed by atoms with Crippen LogP contribution in [0.3, 0.4) is 0 Å². The van der Waals surface area contributed by atoms with Crippen LogP contribution in [0, 0.1) is 23.0 Å². The van der Waals surface area contributed by atoms with E-state index < -0.39 is 52.7 Å². The number of anilines is 6. The fourth-order valence-electron chi connectivity index (χ4n) is 8.26. The summed E-state index contributed by atoms with van der Waals surface area (Å²) in [6.07, 6.45) is 2.80. The van der Waals surface area contributed by atoms with Crippen molar-refractivity contribution in [2.45, 2.75) is 31.7 Å². The Morgan fingerprint density at radius 3 is 2.17 bits per heavy atom. The Hall–Kier alpha value is -8.26. The van der Waals surface area contributed by atoms with Gasteiger partial charge in [-0.1, -0.05) is 0 Å². The second-order valence-electron chi connectivity index (χ2n) is 17.1. The highest BCUT2D eigenvalue weighted by atomic mass is 19.1. The highest BCUT2D eigenvalue weighted by molar-refractivity contribution is 6.17. The summed E-state index contributed by atoms with van der Waals surface area (Å²) in [4.78, 5) is 75.6. The van der Waals surface area contributed by atoms with Gasteiger partial charge in [-0.3, -0.25) is 39.2 Å². The first-order valence-corrected chi connectivity index (χ1v) is 22.6. The van der Waals surface area contributed by atoms with Crippen molar-refractivity contribution in [3.8, 4) is 17.2 Å². The highest BCUT2D eigenvalue weighted by Crippen LogP contribution is 2.47. The normalized spacial score (nSPS) is 16.5. The SMILES string of the molecule is COc1cc2c(Oc3ccc(NC(=O)C4(C(=O)Nc5ccc(F)cc5)CC4)cc3)ccnc2cc1NC(=O)c1ccc(NCCN2CCN(c3ccc(NC4CCC(=O)NC4=O)nc3F)CC2)c(F)c1. The van der Waals surface area contributed by atoms with Crippen LogP contribution < -0.4 is 46.3 Å². The van der Waals surface area contributed by atoms with Crippen molar-refractivity contribution in [3.63, 3.8) is 0 Å². The zero-order valence-electron chi connectivity index (χ0n) is 37.7. The summed E-state index contributed by atoms with van der Waals surface area (Å²) in [6, 6.07) is 23.6. The molecule has 2 aliphatic heterocycles. The third kappa shape index (κ3) is 10.6. The van der Waals surface area contributed by atoms with E-state index in [0.717, 1.165) is 6.07 Å². The maximum Gasteiger partial charge on any atom is 0.255 e. The summed E-state index contributed by atoms with van der Waals surface area (Å²) in [7, 11) is 1.45. The predicted molar refractivity (Wildman–Crippen MR) is 256 cm³/mol. The van der Waals surface area contributed by atoms with Gasteiger partial charge in [0.2, 0.25) is 29.6 Å². The molecule has 4 heterocycles. The lowest BCUT2D eigenvalue weighted by molar-refractivity contribution is -0.134. The molecule has 0 radical (unpaired) electrons. The molecule has 70 heavy (non-hydrogen) atoms. The molecule has 3 fully saturated rings. The molecule has 1 atom stereocenters. The van der Waals surface area contributed by atoms with Gasteiger partial charge in [0.15, 0.2) is 0 Å². The van der Waals surface area contributed by atoms with Crippen LogP contribution in [0.25, 0.3) is 10.9 Å². The van der Waals surface area contributed by atoms with E-state index in [9.17, 15) is 28.4 Å². The fraction of sp³-hybridized carbons (Fsp3) is 0.260. The monoisotopic (exact) mass is 956 g/mol. The Balaban J connectivity index is 0.751. The van der Waals surface area contributed by atoms with E-state index in [0.29, 0.717) is 109 Å². The van der Waals surface area contributed by atoms with E-state index in [1.165, 1.54) is 43.5 Å². The van der Waals surface area contributed by atoms with Crippen LogP contribution in [0.4, 0.5) is 47.4 Å². The van der Waals surface area contributed by atoms with E-state index >= 15 is 8.78 Å². The molecule has 6 aromatic rings. The predicted octanol–water partition coefficient (Wildman–Crippen LogP) is 6.91. The number of halogens is 3. The minimum atomic E-state index is -1.22. The number of piperazine rings is 1. The number of pyridine rings is 2. The minimum Gasteiger partial charge on any atom is -0.495 e. The molecular formula is C50H47F3N10O7. The molecule has 4 aromatic carbocycles. The number of amides is 5. The van der Waals surface area contributed by atoms with E-state index in [-0.39, 0.29) is 29.4 Å². The number of hydrogen-bond acceptors (Lipinski definition) is 13. The smallest absolute Gasteiger partial charge is 0.255 e. The molecule has 3 aliphatic rings. The number of carbonyl (C=O) groups excluding carboxylic acids is 5. The Labute approximate surface area is 399 Å². The summed E-state index contributed by atoms with van der Waals surface area (Å²) in [6.45, 7) is 3.34. The number of aromatic nitrogens is 2. The van der Waals surface area contributed by atoms with Gasteiger partial charge in [0, 0.05) is 74.2 Å². The Bertz CT molecular complexity index is 2990. The topological polar surface area (TPSA) is 208 Å². The zero-order chi connectivity index (χ0) is 48.9. The highest BCUT2D eigenvalue weighted by Gasteiger charge is 2.56. The lowest BCUT2D eigenvalue weighted by Gasteiger charge is -2.36. The number of rotatable bonds is 16. The molecule has 1 aliphatic carbocycles. The molecule has 0 spiro atoms. The standard InChI is InChI=1S/C50H47F3N10O7/c1-69-42-27-34-38(54-19-16-41(34)70-33-9-7-32(8-10-33)57-49(68)50(17-18-50)48(67)56-31-5-3-30(51)4-6-31)28-39(42)59-46(65)29-2-11-36(35(52)26-29)55-20-21-62-22-24-63(25-23-62)40-13-14-43(60-45(40)53)58-37-12-15-44(64)61-47(37)66/h2-11,13-14,16,19,26-28,37,55H,12,15,17-18,20-25H2,1H3,(H,56,67)(H,57,68)(H,58,60)(H,59,65)(H,61,64,66). The molecule has 20 heteroatoms. The molecule has 17 nitrogen and oxygen atoms in total.